The number of methoxy groups -OCH3 is 2. The number of nitrogens with zero attached hydrogens (tertiary/aromatic N) is 1. The van der Waals surface area contributed by atoms with Crippen LogP contribution in [0.25, 0.3) is 0 Å². The van der Waals surface area contributed by atoms with Crippen LogP contribution in [0.3, 0.4) is 0 Å². The van der Waals surface area contributed by atoms with Crippen LogP contribution >= 0.6 is 0 Å². The van der Waals surface area contributed by atoms with Crippen LogP contribution in [0.15, 0.2) is 97.1 Å². The van der Waals surface area contributed by atoms with Crippen molar-refractivity contribution in [1.29, 1.82) is 0 Å². The Hall–Kier alpha value is -3.96. The van der Waals surface area contributed by atoms with Crippen molar-refractivity contribution in [3.63, 3.8) is 0 Å². The van der Waals surface area contributed by atoms with Crippen molar-refractivity contribution < 1.29 is 18.9 Å². The molecule has 0 unspecified atom stereocenters. The first-order valence-corrected chi connectivity index (χ1v) is 13.6. The smallest absolute Gasteiger partial charge is 0.161 e. The Morgan fingerprint density at radius 3 is 1.51 bits per heavy atom. The Morgan fingerprint density at radius 1 is 0.564 bits per heavy atom. The fourth-order valence-electron chi connectivity index (χ4n) is 4.89. The van der Waals surface area contributed by atoms with Gasteiger partial charge in [-0.15, -0.1) is 0 Å². The van der Waals surface area contributed by atoms with Crippen molar-refractivity contribution in [3.05, 3.63) is 119 Å². The van der Waals surface area contributed by atoms with Gasteiger partial charge in [-0.3, -0.25) is 4.90 Å². The molecule has 0 radical (unpaired) electrons. The zero-order chi connectivity index (χ0) is 27.5. The molecule has 0 aromatic heterocycles. The molecule has 1 atom stereocenters. The molecular formula is C34H39NO4. The van der Waals surface area contributed by atoms with Gasteiger partial charge in [0.2, 0.25) is 0 Å². The SMILES string of the molecule is CCOc1cc(CN(Cc2ccc(OC)c(OCC)c2)[C@H](Cc2ccccc2)c2ccccc2)ccc1OC. The molecule has 0 amide bonds. The van der Waals surface area contributed by atoms with Crippen molar-refractivity contribution in [3.8, 4) is 23.0 Å². The second-order valence-electron chi connectivity index (χ2n) is 9.36. The van der Waals surface area contributed by atoms with Gasteiger partial charge in [0.15, 0.2) is 23.0 Å². The third-order valence-corrected chi connectivity index (χ3v) is 6.72. The zero-order valence-corrected chi connectivity index (χ0v) is 23.4. The summed E-state index contributed by atoms with van der Waals surface area (Å²) in [5, 5.41) is 0. The van der Waals surface area contributed by atoms with E-state index in [1.165, 1.54) is 11.1 Å². The molecule has 39 heavy (non-hydrogen) atoms. The molecule has 0 N–H and O–H groups in total. The molecule has 0 fully saturated rings. The van der Waals surface area contributed by atoms with E-state index in [-0.39, 0.29) is 6.04 Å². The van der Waals surface area contributed by atoms with E-state index in [0.29, 0.717) is 13.2 Å². The molecule has 4 rings (SSSR count). The molecule has 5 nitrogen and oxygen atoms in total. The molecule has 204 valence electrons. The molecule has 0 heterocycles. The summed E-state index contributed by atoms with van der Waals surface area (Å²) in [4.78, 5) is 2.53. The Kier molecular flexibility index (Phi) is 10.3. The average Bonchev–Trinajstić information content (AvgIpc) is 2.97. The summed E-state index contributed by atoms with van der Waals surface area (Å²) in [6, 6.07) is 34.0. The van der Waals surface area contributed by atoms with E-state index in [0.717, 1.165) is 53.6 Å². The van der Waals surface area contributed by atoms with Crippen molar-refractivity contribution >= 4 is 0 Å². The second kappa shape index (κ2) is 14.3. The van der Waals surface area contributed by atoms with E-state index >= 15 is 0 Å². The monoisotopic (exact) mass is 525 g/mol. The summed E-state index contributed by atoms with van der Waals surface area (Å²) < 4.78 is 22.9. The molecule has 0 bridgehead atoms. The topological polar surface area (TPSA) is 40.2 Å². The van der Waals surface area contributed by atoms with Gasteiger partial charge in [0.25, 0.3) is 0 Å². The largest absolute Gasteiger partial charge is 0.493 e. The highest BCUT2D eigenvalue weighted by Crippen LogP contribution is 2.34. The highest BCUT2D eigenvalue weighted by molar-refractivity contribution is 5.44. The Labute approximate surface area is 232 Å². The maximum atomic E-state index is 5.90. The van der Waals surface area contributed by atoms with Gasteiger partial charge in [0, 0.05) is 19.1 Å². The van der Waals surface area contributed by atoms with Gasteiger partial charge in [-0.1, -0.05) is 72.8 Å². The lowest BCUT2D eigenvalue weighted by Gasteiger charge is -2.33. The fraction of sp³-hybridized carbons (Fsp3) is 0.294. The molecule has 0 saturated carbocycles. The molecule has 4 aromatic rings. The first-order chi connectivity index (χ1) is 19.1. The van der Waals surface area contributed by atoms with E-state index in [9.17, 15) is 0 Å². The lowest BCUT2D eigenvalue weighted by Crippen LogP contribution is -2.29. The molecule has 0 aliphatic rings. The summed E-state index contributed by atoms with van der Waals surface area (Å²) in [6.45, 7) is 6.60. The maximum Gasteiger partial charge on any atom is 0.161 e. The molecule has 0 aliphatic carbocycles. The summed E-state index contributed by atoms with van der Waals surface area (Å²) in [5.74, 6) is 3.01. The first kappa shape index (κ1) is 28.1. The third-order valence-electron chi connectivity index (χ3n) is 6.72. The van der Waals surface area contributed by atoms with Gasteiger partial charge in [-0.25, -0.2) is 0 Å². The molecule has 0 saturated heterocycles. The highest BCUT2D eigenvalue weighted by Gasteiger charge is 2.23. The number of rotatable bonds is 14. The Bertz CT molecular complexity index is 1230. The second-order valence-corrected chi connectivity index (χ2v) is 9.36. The van der Waals surface area contributed by atoms with Crippen molar-refractivity contribution in [2.24, 2.45) is 0 Å². The maximum absolute atomic E-state index is 5.90. The Balaban J connectivity index is 1.75. The predicted molar refractivity (Wildman–Crippen MR) is 157 cm³/mol. The van der Waals surface area contributed by atoms with Gasteiger partial charge < -0.3 is 18.9 Å². The van der Waals surface area contributed by atoms with E-state index in [4.69, 9.17) is 18.9 Å². The van der Waals surface area contributed by atoms with Crippen LogP contribution in [0.5, 0.6) is 23.0 Å². The van der Waals surface area contributed by atoms with E-state index in [2.05, 4.69) is 89.8 Å². The van der Waals surface area contributed by atoms with Gasteiger partial charge >= 0.3 is 0 Å². The molecular weight excluding hydrogens is 486 g/mol. The lowest BCUT2D eigenvalue weighted by molar-refractivity contribution is 0.176. The minimum absolute atomic E-state index is 0.142. The van der Waals surface area contributed by atoms with Crippen LogP contribution < -0.4 is 18.9 Å². The van der Waals surface area contributed by atoms with Gasteiger partial charge in [0.05, 0.1) is 27.4 Å². The number of hydrogen-bond acceptors (Lipinski definition) is 5. The van der Waals surface area contributed by atoms with Gasteiger partial charge in [-0.2, -0.15) is 0 Å². The van der Waals surface area contributed by atoms with Crippen molar-refractivity contribution in [1.82, 2.24) is 4.90 Å². The lowest BCUT2D eigenvalue weighted by atomic mass is 9.96. The number of ether oxygens (including phenoxy) is 4. The minimum Gasteiger partial charge on any atom is -0.493 e. The Morgan fingerprint density at radius 2 is 1.05 bits per heavy atom. The highest BCUT2D eigenvalue weighted by atomic mass is 16.5. The fourth-order valence-corrected chi connectivity index (χ4v) is 4.89. The quantitative estimate of drug-likeness (QED) is 0.171. The average molecular weight is 526 g/mol. The van der Waals surface area contributed by atoms with E-state index in [1.54, 1.807) is 14.2 Å². The normalized spacial score (nSPS) is 11.7. The molecule has 5 heteroatoms. The van der Waals surface area contributed by atoms with E-state index < -0.39 is 0 Å². The van der Waals surface area contributed by atoms with Gasteiger partial charge in [0.1, 0.15) is 0 Å². The van der Waals surface area contributed by atoms with Crippen LogP contribution in [-0.2, 0) is 19.5 Å². The first-order valence-electron chi connectivity index (χ1n) is 13.6. The van der Waals surface area contributed by atoms with Crippen LogP contribution in [0.2, 0.25) is 0 Å². The van der Waals surface area contributed by atoms with Crippen LogP contribution in [0.4, 0.5) is 0 Å². The van der Waals surface area contributed by atoms with E-state index in [1.807, 2.05) is 26.0 Å². The minimum atomic E-state index is 0.142. The van der Waals surface area contributed by atoms with Crippen molar-refractivity contribution in [2.75, 3.05) is 27.4 Å². The summed E-state index contributed by atoms with van der Waals surface area (Å²) >= 11 is 0. The molecule has 0 spiro atoms. The van der Waals surface area contributed by atoms with Crippen LogP contribution in [0.1, 0.15) is 42.1 Å². The zero-order valence-electron chi connectivity index (χ0n) is 23.4. The summed E-state index contributed by atoms with van der Waals surface area (Å²) in [7, 11) is 3.35. The summed E-state index contributed by atoms with van der Waals surface area (Å²) in [5.41, 5.74) is 4.89. The standard InChI is InChI=1S/C34H39NO4/c1-5-38-33-22-27(17-19-31(33)36-3)24-35(25-28-18-20-32(37-4)34(23-28)39-6-2)30(29-15-11-8-12-16-29)21-26-13-9-7-10-14-26/h7-20,22-23,30H,5-6,21,24-25H2,1-4H3/t30-/m1/s1. The summed E-state index contributed by atoms with van der Waals surface area (Å²) in [6.07, 6.45) is 0.883. The molecule has 0 aliphatic heterocycles. The molecule has 4 aromatic carbocycles. The van der Waals surface area contributed by atoms with Crippen molar-refractivity contribution in [2.45, 2.75) is 39.4 Å². The van der Waals surface area contributed by atoms with Crippen LogP contribution in [0, 0.1) is 0 Å². The van der Waals surface area contributed by atoms with Crippen LogP contribution in [-0.4, -0.2) is 32.3 Å². The predicted octanol–water partition coefficient (Wildman–Crippen LogP) is 7.49. The van der Waals surface area contributed by atoms with Gasteiger partial charge in [-0.05, 0) is 66.8 Å². The number of benzene rings is 4. The number of hydrogen-bond donors (Lipinski definition) is 0. The third kappa shape index (κ3) is 7.55.